The number of carbonyl (C=O) groups excluding carboxylic acids is 1. The second kappa shape index (κ2) is 7.97. The fraction of sp³-hybridized carbons (Fsp3) is 0.529. The minimum absolute atomic E-state index is 0.0437. The number of amides is 1. The molecule has 0 bridgehead atoms. The molecule has 7 nitrogen and oxygen atoms in total. The van der Waals surface area contributed by atoms with Crippen LogP contribution in [0.5, 0.6) is 0 Å². The highest BCUT2D eigenvalue weighted by Crippen LogP contribution is 2.25. The van der Waals surface area contributed by atoms with E-state index in [4.69, 9.17) is 5.11 Å². The van der Waals surface area contributed by atoms with Gasteiger partial charge in [0.1, 0.15) is 0 Å². The van der Waals surface area contributed by atoms with Crippen molar-refractivity contribution in [3.63, 3.8) is 0 Å². The second-order valence-electron chi connectivity index (χ2n) is 6.27. The summed E-state index contributed by atoms with van der Waals surface area (Å²) in [6, 6.07) is 5.19. The fourth-order valence-corrected chi connectivity index (χ4v) is 4.49. The molecule has 1 aromatic rings. The lowest BCUT2D eigenvalue weighted by Crippen LogP contribution is -2.43. The molecule has 0 saturated carbocycles. The van der Waals surface area contributed by atoms with E-state index < -0.39 is 16.0 Å². The predicted molar refractivity (Wildman–Crippen MR) is 92.8 cm³/mol. The molecule has 1 aromatic carbocycles. The Balaban J connectivity index is 2.03. The highest BCUT2D eigenvalue weighted by molar-refractivity contribution is 7.89. The highest BCUT2D eigenvalue weighted by Gasteiger charge is 2.33. The Morgan fingerprint density at radius 1 is 1.20 bits per heavy atom. The van der Waals surface area contributed by atoms with Crippen LogP contribution in [0.2, 0.25) is 0 Å². The minimum Gasteiger partial charge on any atom is -0.478 e. The van der Waals surface area contributed by atoms with E-state index in [9.17, 15) is 18.0 Å². The van der Waals surface area contributed by atoms with Crippen LogP contribution in [-0.4, -0.2) is 61.3 Å². The molecule has 0 atom stereocenters. The van der Waals surface area contributed by atoms with Crippen molar-refractivity contribution in [1.82, 2.24) is 9.21 Å². The number of piperidine rings is 1. The minimum atomic E-state index is -3.67. The molecule has 2 rings (SSSR count). The first-order valence-electron chi connectivity index (χ1n) is 8.36. The van der Waals surface area contributed by atoms with Gasteiger partial charge in [-0.25, -0.2) is 13.2 Å². The number of rotatable bonds is 6. The number of hydrogen-bond acceptors (Lipinski definition) is 4. The number of carboxylic acid groups (broad SMARTS) is 1. The molecule has 1 aliphatic heterocycles. The average molecular weight is 368 g/mol. The second-order valence-corrected chi connectivity index (χ2v) is 8.21. The quantitative estimate of drug-likeness (QED) is 0.824. The van der Waals surface area contributed by atoms with Crippen LogP contribution in [0.25, 0.3) is 0 Å². The third-order valence-corrected chi connectivity index (χ3v) is 6.39. The molecule has 0 aromatic heterocycles. The first-order valence-corrected chi connectivity index (χ1v) is 9.80. The lowest BCUT2D eigenvalue weighted by atomic mass is 9.96. The number of sulfonamides is 1. The van der Waals surface area contributed by atoms with Crippen molar-refractivity contribution in [2.24, 2.45) is 5.92 Å². The number of nitrogens with zero attached hydrogens (tertiary/aromatic N) is 2. The maximum atomic E-state index is 12.7. The Morgan fingerprint density at radius 2 is 1.76 bits per heavy atom. The third kappa shape index (κ3) is 4.38. The largest absolute Gasteiger partial charge is 0.478 e. The van der Waals surface area contributed by atoms with E-state index in [2.05, 4.69) is 0 Å². The molecule has 1 fully saturated rings. The van der Waals surface area contributed by atoms with E-state index in [1.807, 2.05) is 6.92 Å². The van der Waals surface area contributed by atoms with Gasteiger partial charge in [0.2, 0.25) is 15.9 Å². The summed E-state index contributed by atoms with van der Waals surface area (Å²) in [5.74, 6) is -1.17. The molecular formula is C17H24N2O5S. The van der Waals surface area contributed by atoms with Crippen molar-refractivity contribution in [1.29, 1.82) is 0 Å². The zero-order valence-corrected chi connectivity index (χ0v) is 15.3. The van der Waals surface area contributed by atoms with Crippen LogP contribution in [0.15, 0.2) is 29.2 Å². The van der Waals surface area contributed by atoms with E-state index in [0.29, 0.717) is 32.5 Å². The van der Waals surface area contributed by atoms with Crippen LogP contribution in [0, 0.1) is 5.92 Å². The van der Waals surface area contributed by atoms with Crippen LogP contribution >= 0.6 is 0 Å². The Labute approximate surface area is 148 Å². The van der Waals surface area contributed by atoms with Gasteiger partial charge in [-0.15, -0.1) is 0 Å². The van der Waals surface area contributed by atoms with Crippen LogP contribution in [-0.2, 0) is 14.8 Å². The van der Waals surface area contributed by atoms with Crippen molar-refractivity contribution >= 4 is 21.9 Å². The van der Waals surface area contributed by atoms with Gasteiger partial charge in [0.05, 0.1) is 10.5 Å². The third-order valence-electron chi connectivity index (χ3n) is 4.48. The zero-order chi connectivity index (χ0) is 18.6. The molecule has 8 heteroatoms. The Bertz CT molecular complexity index is 722. The molecule has 25 heavy (non-hydrogen) atoms. The number of carbonyl (C=O) groups is 2. The van der Waals surface area contributed by atoms with Crippen molar-refractivity contribution in [2.75, 3.05) is 26.7 Å². The average Bonchev–Trinajstić information content (AvgIpc) is 2.61. The van der Waals surface area contributed by atoms with Crippen LogP contribution in [0.3, 0.4) is 0 Å². The summed E-state index contributed by atoms with van der Waals surface area (Å²) in [7, 11) is -1.89. The van der Waals surface area contributed by atoms with E-state index in [1.54, 1.807) is 11.9 Å². The lowest BCUT2D eigenvalue weighted by Gasteiger charge is -2.32. The van der Waals surface area contributed by atoms with Gasteiger partial charge in [-0.1, -0.05) is 6.92 Å². The summed E-state index contributed by atoms with van der Waals surface area (Å²) < 4.78 is 26.7. The van der Waals surface area contributed by atoms with Gasteiger partial charge in [-0.2, -0.15) is 4.31 Å². The summed E-state index contributed by atoms with van der Waals surface area (Å²) in [6.07, 6.45) is 1.89. The lowest BCUT2D eigenvalue weighted by molar-refractivity contribution is -0.135. The number of hydrogen-bond donors (Lipinski definition) is 1. The fourth-order valence-electron chi connectivity index (χ4n) is 3.02. The van der Waals surface area contributed by atoms with Gasteiger partial charge in [0, 0.05) is 32.6 Å². The van der Waals surface area contributed by atoms with E-state index in [0.717, 1.165) is 6.42 Å². The molecule has 0 spiro atoms. The van der Waals surface area contributed by atoms with Crippen molar-refractivity contribution in [3.05, 3.63) is 29.8 Å². The summed E-state index contributed by atoms with van der Waals surface area (Å²) in [6.45, 7) is 3.29. The van der Waals surface area contributed by atoms with Gasteiger partial charge in [-0.05, 0) is 43.5 Å². The SMILES string of the molecule is CCCN(C)C(=O)C1CCN(S(=O)(=O)c2ccc(C(=O)O)cc2)CC1. The van der Waals surface area contributed by atoms with Crippen LogP contribution in [0.1, 0.15) is 36.5 Å². The summed E-state index contributed by atoms with van der Waals surface area (Å²) in [5, 5.41) is 8.90. The van der Waals surface area contributed by atoms with E-state index in [-0.39, 0.29) is 22.3 Å². The smallest absolute Gasteiger partial charge is 0.335 e. The van der Waals surface area contributed by atoms with Crippen LogP contribution < -0.4 is 0 Å². The van der Waals surface area contributed by atoms with Gasteiger partial charge < -0.3 is 10.0 Å². The Kier molecular flexibility index (Phi) is 6.18. The topological polar surface area (TPSA) is 95.0 Å². The van der Waals surface area contributed by atoms with Crippen LogP contribution in [0.4, 0.5) is 0 Å². The maximum absolute atomic E-state index is 12.7. The molecular weight excluding hydrogens is 344 g/mol. The molecule has 138 valence electrons. The first-order chi connectivity index (χ1) is 11.8. The monoisotopic (exact) mass is 368 g/mol. The molecule has 1 saturated heterocycles. The molecule has 1 amide bonds. The predicted octanol–water partition coefficient (Wildman–Crippen LogP) is 1.65. The number of aromatic carboxylic acids is 1. The van der Waals surface area contributed by atoms with Gasteiger partial charge in [0.15, 0.2) is 0 Å². The number of carboxylic acids is 1. The van der Waals surface area contributed by atoms with Crippen molar-refractivity contribution < 1.29 is 23.1 Å². The maximum Gasteiger partial charge on any atom is 0.335 e. The summed E-state index contributed by atoms with van der Waals surface area (Å²) in [4.78, 5) is 25.0. The van der Waals surface area contributed by atoms with Crippen molar-refractivity contribution in [3.8, 4) is 0 Å². The van der Waals surface area contributed by atoms with Gasteiger partial charge in [0.25, 0.3) is 0 Å². The molecule has 1 N–H and O–H groups in total. The van der Waals surface area contributed by atoms with Gasteiger partial charge >= 0.3 is 5.97 Å². The number of benzene rings is 1. The van der Waals surface area contributed by atoms with E-state index >= 15 is 0 Å². The van der Waals surface area contributed by atoms with Gasteiger partial charge in [-0.3, -0.25) is 4.79 Å². The normalized spacial score (nSPS) is 16.6. The zero-order valence-electron chi connectivity index (χ0n) is 14.5. The highest BCUT2D eigenvalue weighted by atomic mass is 32.2. The Morgan fingerprint density at radius 3 is 2.24 bits per heavy atom. The molecule has 1 aliphatic rings. The Hall–Kier alpha value is -1.93. The molecule has 0 aliphatic carbocycles. The summed E-state index contributed by atoms with van der Waals surface area (Å²) >= 11 is 0. The first kappa shape index (κ1) is 19.4. The van der Waals surface area contributed by atoms with Crippen molar-refractivity contribution in [2.45, 2.75) is 31.1 Å². The molecule has 0 radical (unpaired) electrons. The molecule has 0 unspecified atom stereocenters. The molecule has 1 heterocycles. The summed E-state index contributed by atoms with van der Waals surface area (Å²) in [5.41, 5.74) is 0.0437. The standard InChI is InChI=1S/C17H24N2O5S/c1-3-10-18(2)16(20)13-8-11-19(12-9-13)25(23,24)15-6-4-14(5-7-15)17(21)22/h4-7,13H,3,8-12H2,1-2H3,(H,21,22). The van der Waals surface area contributed by atoms with E-state index in [1.165, 1.54) is 28.6 Å².